The molecule has 0 aliphatic rings. The van der Waals surface area contributed by atoms with E-state index in [2.05, 4.69) is 10.4 Å². The number of alkyl halides is 3. The van der Waals surface area contributed by atoms with Gasteiger partial charge < -0.3 is 14.5 Å². The van der Waals surface area contributed by atoms with Crippen molar-refractivity contribution in [2.24, 2.45) is 0 Å². The average Bonchev–Trinajstić information content (AvgIpc) is 3.40. The van der Waals surface area contributed by atoms with Crippen molar-refractivity contribution < 1.29 is 27.1 Å². The van der Waals surface area contributed by atoms with Gasteiger partial charge in [0, 0.05) is 13.1 Å². The third-order valence-corrected chi connectivity index (χ3v) is 5.67. The van der Waals surface area contributed by atoms with Crippen molar-refractivity contribution in [2.45, 2.75) is 32.7 Å². The van der Waals surface area contributed by atoms with E-state index in [1.165, 1.54) is 11.6 Å². The summed E-state index contributed by atoms with van der Waals surface area (Å²) in [4.78, 5) is 12.3. The van der Waals surface area contributed by atoms with Gasteiger partial charge in [-0.2, -0.15) is 18.3 Å². The van der Waals surface area contributed by atoms with Gasteiger partial charge >= 0.3 is 6.18 Å². The fourth-order valence-electron chi connectivity index (χ4n) is 3.43. The lowest BCUT2D eigenvalue weighted by atomic mass is 10.1. The molecule has 10 heteroatoms. The third-order valence-electron chi connectivity index (χ3n) is 5.22. The Balaban J connectivity index is 1.26. The minimum absolute atomic E-state index is 0.120. The standard InChI is InChI=1S/C24H21ClF3N3O3/c1-15-21(25)22(24(26,27)28)30-31(15)12-4-11-29-23(32)20-10-9-19(34-20)14-33-18-8-7-16-5-2-3-6-17(16)13-18/h2-3,5-10,13H,4,11-12,14H2,1H3,(H,29,32). The number of aromatic nitrogens is 2. The molecule has 4 aromatic rings. The van der Waals surface area contributed by atoms with E-state index in [1.807, 2.05) is 42.5 Å². The number of nitrogens with one attached hydrogen (secondary N) is 1. The van der Waals surface area contributed by atoms with Gasteiger partial charge in [0.1, 0.15) is 18.1 Å². The van der Waals surface area contributed by atoms with Crippen LogP contribution in [0.15, 0.2) is 59.0 Å². The molecule has 2 heterocycles. The lowest BCUT2D eigenvalue weighted by molar-refractivity contribution is -0.141. The van der Waals surface area contributed by atoms with Crippen LogP contribution in [0.25, 0.3) is 10.8 Å². The van der Waals surface area contributed by atoms with Gasteiger partial charge in [-0.3, -0.25) is 9.48 Å². The van der Waals surface area contributed by atoms with Crippen LogP contribution < -0.4 is 10.1 Å². The van der Waals surface area contributed by atoms with Crippen LogP contribution in [0.1, 0.15) is 34.1 Å². The number of fused-ring (bicyclic) bond motifs is 1. The lowest BCUT2D eigenvalue weighted by Gasteiger charge is -2.06. The van der Waals surface area contributed by atoms with Crippen LogP contribution in [0.4, 0.5) is 13.2 Å². The van der Waals surface area contributed by atoms with Crippen LogP contribution in [0.2, 0.25) is 5.02 Å². The lowest BCUT2D eigenvalue weighted by Crippen LogP contribution is -2.25. The van der Waals surface area contributed by atoms with Gasteiger partial charge in [0.2, 0.25) is 0 Å². The Hall–Kier alpha value is -3.46. The number of carbonyl (C=O) groups excluding carboxylic acids is 1. The Morgan fingerprint density at radius 3 is 2.65 bits per heavy atom. The van der Waals surface area contributed by atoms with Gasteiger partial charge in [0.15, 0.2) is 11.5 Å². The van der Waals surface area contributed by atoms with Gasteiger partial charge in [0.25, 0.3) is 5.91 Å². The molecule has 0 spiro atoms. The number of rotatable bonds is 8. The van der Waals surface area contributed by atoms with Crippen molar-refractivity contribution in [3.63, 3.8) is 0 Å². The first-order chi connectivity index (χ1) is 16.2. The van der Waals surface area contributed by atoms with E-state index < -0.39 is 22.8 Å². The van der Waals surface area contributed by atoms with E-state index in [0.29, 0.717) is 17.9 Å². The molecule has 1 N–H and O–H groups in total. The number of halogens is 4. The molecule has 2 aromatic carbocycles. The summed E-state index contributed by atoms with van der Waals surface area (Å²) in [5.41, 5.74) is -0.882. The van der Waals surface area contributed by atoms with Crippen molar-refractivity contribution in [1.82, 2.24) is 15.1 Å². The maximum absolute atomic E-state index is 12.9. The van der Waals surface area contributed by atoms with E-state index in [0.717, 1.165) is 10.8 Å². The van der Waals surface area contributed by atoms with Crippen LogP contribution in [0, 0.1) is 6.92 Å². The summed E-state index contributed by atoms with van der Waals surface area (Å²) in [6.45, 7) is 2.02. The van der Waals surface area contributed by atoms with E-state index in [9.17, 15) is 18.0 Å². The molecule has 0 bridgehead atoms. The first-order valence-electron chi connectivity index (χ1n) is 10.5. The molecule has 2 aromatic heterocycles. The highest BCUT2D eigenvalue weighted by molar-refractivity contribution is 6.31. The van der Waals surface area contributed by atoms with Crippen molar-refractivity contribution in [2.75, 3.05) is 6.54 Å². The Labute approximate surface area is 198 Å². The van der Waals surface area contributed by atoms with Crippen molar-refractivity contribution in [1.29, 1.82) is 0 Å². The first kappa shape index (κ1) is 23.7. The number of hydrogen-bond donors (Lipinski definition) is 1. The second-order valence-electron chi connectivity index (χ2n) is 7.64. The predicted octanol–water partition coefficient (Wildman–Crippen LogP) is 6.01. The zero-order chi connectivity index (χ0) is 24.3. The number of furan rings is 1. The fraction of sp³-hybridized carbons (Fsp3) is 0.250. The average molecular weight is 492 g/mol. The zero-order valence-corrected chi connectivity index (χ0v) is 18.9. The highest BCUT2D eigenvalue weighted by Gasteiger charge is 2.38. The third kappa shape index (κ3) is 5.36. The van der Waals surface area contributed by atoms with Gasteiger partial charge in [-0.1, -0.05) is 41.9 Å². The van der Waals surface area contributed by atoms with Crippen LogP contribution in [-0.2, 0) is 19.3 Å². The summed E-state index contributed by atoms with van der Waals surface area (Å²) in [7, 11) is 0. The minimum atomic E-state index is -4.61. The zero-order valence-electron chi connectivity index (χ0n) is 18.2. The topological polar surface area (TPSA) is 69.3 Å². The highest BCUT2D eigenvalue weighted by atomic mass is 35.5. The summed E-state index contributed by atoms with van der Waals surface area (Å²) in [5.74, 6) is 0.863. The second-order valence-corrected chi connectivity index (χ2v) is 8.02. The molecule has 178 valence electrons. The second kappa shape index (κ2) is 9.80. The monoisotopic (exact) mass is 491 g/mol. The van der Waals surface area contributed by atoms with E-state index in [-0.39, 0.29) is 31.2 Å². The largest absolute Gasteiger partial charge is 0.486 e. The summed E-state index contributed by atoms with van der Waals surface area (Å²) < 4.78 is 51.2. The molecule has 1 amide bonds. The molecule has 6 nitrogen and oxygen atoms in total. The molecular weight excluding hydrogens is 471 g/mol. The smallest absolute Gasteiger partial charge is 0.436 e. The number of aryl methyl sites for hydroxylation is 1. The molecule has 0 radical (unpaired) electrons. The number of benzene rings is 2. The van der Waals surface area contributed by atoms with Crippen LogP contribution in [0.3, 0.4) is 0 Å². The van der Waals surface area contributed by atoms with E-state index in [4.69, 9.17) is 20.8 Å². The molecule has 4 rings (SSSR count). The highest BCUT2D eigenvalue weighted by Crippen LogP contribution is 2.35. The molecule has 34 heavy (non-hydrogen) atoms. The maximum Gasteiger partial charge on any atom is 0.436 e. The number of carbonyl (C=O) groups is 1. The fourth-order valence-corrected chi connectivity index (χ4v) is 3.67. The number of amides is 1. The summed E-state index contributed by atoms with van der Waals surface area (Å²) in [6, 6.07) is 16.9. The first-order valence-corrected chi connectivity index (χ1v) is 10.9. The summed E-state index contributed by atoms with van der Waals surface area (Å²) >= 11 is 5.74. The van der Waals surface area contributed by atoms with Crippen molar-refractivity contribution >= 4 is 28.3 Å². The van der Waals surface area contributed by atoms with E-state index >= 15 is 0 Å². The normalized spacial score (nSPS) is 11.7. The van der Waals surface area contributed by atoms with Crippen LogP contribution >= 0.6 is 11.6 Å². The van der Waals surface area contributed by atoms with Crippen LogP contribution in [0.5, 0.6) is 5.75 Å². The van der Waals surface area contributed by atoms with E-state index in [1.54, 1.807) is 12.1 Å². The van der Waals surface area contributed by atoms with Gasteiger partial charge in [-0.25, -0.2) is 0 Å². The van der Waals surface area contributed by atoms with Crippen molar-refractivity contribution in [3.8, 4) is 5.75 Å². The maximum atomic E-state index is 12.9. The Morgan fingerprint density at radius 1 is 1.15 bits per heavy atom. The van der Waals surface area contributed by atoms with Crippen LogP contribution in [-0.4, -0.2) is 22.2 Å². The Bertz CT molecular complexity index is 1310. The molecule has 0 aliphatic carbocycles. The van der Waals surface area contributed by atoms with Gasteiger partial charge in [0.05, 0.1) is 10.7 Å². The minimum Gasteiger partial charge on any atom is -0.486 e. The quantitative estimate of drug-likeness (QED) is 0.306. The van der Waals surface area contributed by atoms with Gasteiger partial charge in [-0.05, 0) is 48.4 Å². The molecule has 0 saturated carbocycles. The number of hydrogen-bond acceptors (Lipinski definition) is 4. The predicted molar refractivity (Wildman–Crippen MR) is 121 cm³/mol. The van der Waals surface area contributed by atoms with Crippen molar-refractivity contribution in [3.05, 3.63) is 82.5 Å². The number of ether oxygens (including phenoxy) is 1. The molecule has 0 atom stereocenters. The molecule has 0 unspecified atom stereocenters. The SMILES string of the molecule is Cc1c(Cl)c(C(F)(F)F)nn1CCCNC(=O)c1ccc(COc2ccc3ccccc3c2)o1. The van der Waals surface area contributed by atoms with Gasteiger partial charge in [-0.15, -0.1) is 0 Å². The Morgan fingerprint density at radius 2 is 1.91 bits per heavy atom. The molecular formula is C24H21ClF3N3O3. The number of nitrogens with zero attached hydrogens (tertiary/aromatic N) is 2. The molecule has 0 aliphatic heterocycles. The summed E-state index contributed by atoms with van der Waals surface area (Å²) in [6.07, 6.45) is -4.25. The molecule has 0 fully saturated rings. The Kier molecular flexibility index (Phi) is 6.83. The molecule has 0 saturated heterocycles. The summed E-state index contributed by atoms with van der Waals surface area (Å²) in [5, 5.41) is 7.97.